The van der Waals surface area contributed by atoms with Gasteiger partial charge in [0.2, 0.25) is 0 Å². The Morgan fingerprint density at radius 1 is 1.28 bits per heavy atom. The first kappa shape index (κ1) is 12.6. The molecule has 0 saturated heterocycles. The summed E-state index contributed by atoms with van der Waals surface area (Å²) >= 11 is 1.88. The first-order chi connectivity index (χ1) is 8.60. The van der Waals surface area contributed by atoms with Crippen molar-refractivity contribution in [3.8, 4) is 6.07 Å². The van der Waals surface area contributed by atoms with Gasteiger partial charge in [0.25, 0.3) is 0 Å². The lowest BCUT2D eigenvalue weighted by Crippen LogP contribution is -1.98. The maximum Gasteiger partial charge on any atom is 0.138 e. The van der Waals surface area contributed by atoms with E-state index in [-0.39, 0.29) is 5.82 Å². The summed E-state index contributed by atoms with van der Waals surface area (Å²) in [6, 6.07) is 11.9. The third-order valence-electron chi connectivity index (χ3n) is 2.36. The highest BCUT2D eigenvalue weighted by Crippen LogP contribution is 2.27. The van der Waals surface area contributed by atoms with Crippen molar-refractivity contribution in [3.05, 3.63) is 51.3 Å². The molecule has 0 aromatic heterocycles. The molecule has 0 heterocycles. The molecule has 0 spiro atoms. The minimum Gasteiger partial charge on any atom is -0.397 e. The van der Waals surface area contributed by atoms with Gasteiger partial charge in [-0.1, -0.05) is 6.07 Å². The van der Waals surface area contributed by atoms with Crippen LogP contribution in [0.1, 0.15) is 5.56 Å². The van der Waals surface area contributed by atoms with Gasteiger partial charge in [-0.3, -0.25) is 0 Å². The van der Waals surface area contributed by atoms with Gasteiger partial charge in [-0.25, -0.2) is 4.39 Å². The largest absolute Gasteiger partial charge is 0.397 e. The number of benzene rings is 2. The van der Waals surface area contributed by atoms with Crippen LogP contribution >= 0.6 is 22.6 Å². The van der Waals surface area contributed by atoms with Gasteiger partial charge in [0.15, 0.2) is 0 Å². The summed E-state index contributed by atoms with van der Waals surface area (Å²) in [7, 11) is 0. The fraction of sp³-hybridized carbons (Fsp3) is 0. The highest BCUT2D eigenvalue weighted by Gasteiger charge is 2.06. The lowest BCUT2D eigenvalue weighted by molar-refractivity contribution is 0.621. The lowest BCUT2D eigenvalue weighted by Gasteiger charge is -2.10. The maximum absolute atomic E-state index is 13.5. The quantitative estimate of drug-likeness (QED) is 0.640. The van der Waals surface area contributed by atoms with E-state index in [1.54, 1.807) is 30.3 Å². The molecular formula is C13H9FIN3. The molecule has 5 heteroatoms. The lowest BCUT2D eigenvalue weighted by atomic mass is 10.2. The Bertz CT molecular complexity index is 635. The summed E-state index contributed by atoms with van der Waals surface area (Å²) in [5.74, 6) is -0.330. The summed E-state index contributed by atoms with van der Waals surface area (Å²) in [5.41, 5.74) is 7.99. The highest BCUT2D eigenvalue weighted by molar-refractivity contribution is 14.1. The predicted octanol–water partition coefficient (Wildman–Crippen LogP) is 3.63. The van der Waals surface area contributed by atoms with Crippen LogP contribution in [-0.2, 0) is 0 Å². The molecule has 0 bridgehead atoms. The van der Waals surface area contributed by atoms with Crippen molar-refractivity contribution >= 4 is 39.7 Å². The molecule has 0 radical (unpaired) electrons. The summed E-state index contributed by atoms with van der Waals surface area (Å²) < 4.78 is 13.9. The standard InChI is InChI=1S/C13H9FIN3/c14-10-5-13(12(17)6-11(10)15)18-9-3-1-2-8(4-9)7-16/h1-6,18H,17H2. The van der Waals surface area contributed by atoms with E-state index in [2.05, 4.69) is 5.32 Å². The van der Waals surface area contributed by atoms with Crippen LogP contribution in [0.5, 0.6) is 0 Å². The van der Waals surface area contributed by atoms with E-state index in [1.165, 1.54) is 6.07 Å². The molecule has 3 nitrogen and oxygen atoms in total. The zero-order valence-corrected chi connectivity index (χ0v) is 11.4. The molecule has 2 rings (SSSR count). The molecule has 18 heavy (non-hydrogen) atoms. The highest BCUT2D eigenvalue weighted by atomic mass is 127. The topological polar surface area (TPSA) is 61.8 Å². The Kier molecular flexibility index (Phi) is 3.67. The van der Waals surface area contributed by atoms with E-state index >= 15 is 0 Å². The second-order valence-corrected chi connectivity index (χ2v) is 4.83. The van der Waals surface area contributed by atoms with Crippen molar-refractivity contribution in [2.75, 3.05) is 11.1 Å². The normalized spacial score (nSPS) is 9.83. The van der Waals surface area contributed by atoms with Crippen LogP contribution < -0.4 is 11.1 Å². The third-order valence-corrected chi connectivity index (χ3v) is 3.19. The Morgan fingerprint density at radius 2 is 2.06 bits per heavy atom. The van der Waals surface area contributed by atoms with Crippen molar-refractivity contribution < 1.29 is 4.39 Å². The smallest absolute Gasteiger partial charge is 0.138 e. The fourth-order valence-corrected chi connectivity index (χ4v) is 1.98. The number of hydrogen-bond donors (Lipinski definition) is 2. The van der Waals surface area contributed by atoms with Gasteiger partial charge in [0.05, 0.1) is 26.6 Å². The zero-order valence-electron chi connectivity index (χ0n) is 9.24. The molecule has 0 fully saturated rings. The molecule has 0 atom stereocenters. The SMILES string of the molecule is N#Cc1cccc(Nc2cc(F)c(I)cc2N)c1. The Balaban J connectivity index is 2.34. The number of nitrogens with one attached hydrogen (secondary N) is 1. The number of nitrogens with two attached hydrogens (primary N) is 1. The molecular weight excluding hydrogens is 344 g/mol. The fourth-order valence-electron chi connectivity index (χ4n) is 1.49. The van der Waals surface area contributed by atoms with E-state index in [9.17, 15) is 4.39 Å². The van der Waals surface area contributed by atoms with Crippen molar-refractivity contribution in [3.63, 3.8) is 0 Å². The molecule has 0 aliphatic rings. The van der Waals surface area contributed by atoms with Crippen molar-refractivity contribution in [1.29, 1.82) is 5.26 Å². The molecule has 0 amide bonds. The molecule has 0 unspecified atom stereocenters. The van der Waals surface area contributed by atoms with E-state index in [0.717, 1.165) is 0 Å². The molecule has 90 valence electrons. The molecule has 0 saturated carbocycles. The van der Waals surface area contributed by atoms with Crippen LogP contribution in [0.15, 0.2) is 36.4 Å². The van der Waals surface area contributed by atoms with Crippen LogP contribution in [0.25, 0.3) is 0 Å². The zero-order chi connectivity index (χ0) is 13.1. The van der Waals surface area contributed by atoms with Crippen LogP contribution in [-0.4, -0.2) is 0 Å². The first-order valence-electron chi connectivity index (χ1n) is 5.12. The van der Waals surface area contributed by atoms with Gasteiger partial charge in [0, 0.05) is 11.8 Å². The summed E-state index contributed by atoms with van der Waals surface area (Å²) in [6.07, 6.45) is 0. The van der Waals surface area contributed by atoms with Crippen LogP contribution in [0, 0.1) is 20.7 Å². The van der Waals surface area contributed by atoms with E-state index in [0.29, 0.717) is 26.2 Å². The Labute approximate surface area is 118 Å². The molecule has 3 N–H and O–H groups in total. The van der Waals surface area contributed by atoms with Crippen LogP contribution in [0.3, 0.4) is 0 Å². The number of rotatable bonds is 2. The average molecular weight is 353 g/mol. The summed E-state index contributed by atoms with van der Waals surface area (Å²) in [5, 5.41) is 11.8. The third kappa shape index (κ3) is 2.71. The van der Waals surface area contributed by atoms with E-state index < -0.39 is 0 Å². The van der Waals surface area contributed by atoms with Crippen molar-refractivity contribution in [2.45, 2.75) is 0 Å². The number of anilines is 3. The van der Waals surface area contributed by atoms with Gasteiger partial charge >= 0.3 is 0 Å². The maximum atomic E-state index is 13.5. The van der Waals surface area contributed by atoms with Gasteiger partial charge in [-0.2, -0.15) is 5.26 Å². The number of halogens is 2. The number of hydrogen-bond acceptors (Lipinski definition) is 3. The average Bonchev–Trinajstić information content (AvgIpc) is 2.36. The number of nitrogens with zero attached hydrogens (tertiary/aromatic N) is 1. The number of nitrogen functional groups attached to an aromatic ring is 1. The van der Waals surface area contributed by atoms with Gasteiger partial charge in [0.1, 0.15) is 5.82 Å². The number of nitriles is 1. The van der Waals surface area contributed by atoms with Crippen molar-refractivity contribution in [2.24, 2.45) is 0 Å². The summed E-state index contributed by atoms with van der Waals surface area (Å²) in [6.45, 7) is 0. The predicted molar refractivity (Wildman–Crippen MR) is 78.0 cm³/mol. The van der Waals surface area contributed by atoms with Crippen LogP contribution in [0.4, 0.5) is 21.5 Å². The van der Waals surface area contributed by atoms with Gasteiger partial charge in [-0.05, 0) is 46.9 Å². The Hall–Kier alpha value is -1.81. The van der Waals surface area contributed by atoms with Crippen LogP contribution in [0.2, 0.25) is 0 Å². The second kappa shape index (κ2) is 5.23. The first-order valence-corrected chi connectivity index (χ1v) is 6.20. The molecule has 0 aliphatic heterocycles. The second-order valence-electron chi connectivity index (χ2n) is 3.67. The van der Waals surface area contributed by atoms with Gasteiger partial charge < -0.3 is 11.1 Å². The monoisotopic (exact) mass is 353 g/mol. The molecule has 2 aromatic carbocycles. The minimum absolute atomic E-state index is 0.330. The van der Waals surface area contributed by atoms with Crippen molar-refractivity contribution in [1.82, 2.24) is 0 Å². The Morgan fingerprint density at radius 3 is 2.78 bits per heavy atom. The minimum atomic E-state index is -0.330. The van der Waals surface area contributed by atoms with E-state index in [4.69, 9.17) is 11.0 Å². The molecule has 2 aromatic rings. The van der Waals surface area contributed by atoms with E-state index in [1.807, 2.05) is 28.7 Å². The molecule has 0 aliphatic carbocycles. The summed E-state index contributed by atoms with van der Waals surface area (Å²) in [4.78, 5) is 0. The van der Waals surface area contributed by atoms with Gasteiger partial charge in [-0.15, -0.1) is 0 Å².